The largest absolute Gasteiger partial charge is 0.381 e. The number of hydrogen-bond donors (Lipinski definition) is 1. The molecule has 0 amide bonds. The minimum atomic E-state index is -3.53. The SMILES string of the molecule is CC(NS(=O)(=O)c1ccc(Cl)c(Br)c1)C1CCOCC1. The van der Waals surface area contributed by atoms with Crippen molar-refractivity contribution in [2.75, 3.05) is 13.2 Å². The molecule has 1 unspecified atom stereocenters. The van der Waals surface area contributed by atoms with E-state index in [0.29, 0.717) is 28.6 Å². The van der Waals surface area contributed by atoms with Crippen LogP contribution >= 0.6 is 27.5 Å². The molecule has 1 aromatic carbocycles. The first-order valence-electron chi connectivity index (χ1n) is 6.45. The highest BCUT2D eigenvalue weighted by Gasteiger charge is 2.25. The number of halogens is 2. The third-order valence-corrected chi connectivity index (χ3v) is 6.29. The Balaban J connectivity index is 2.11. The van der Waals surface area contributed by atoms with Crippen LogP contribution in [0, 0.1) is 5.92 Å². The van der Waals surface area contributed by atoms with Gasteiger partial charge in [0, 0.05) is 23.7 Å². The smallest absolute Gasteiger partial charge is 0.240 e. The topological polar surface area (TPSA) is 55.4 Å². The van der Waals surface area contributed by atoms with Crippen molar-refractivity contribution < 1.29 is 13.2 Å². The Morgan fingerprint density at radius 1 is 1.40 bits per heavy atom. The van der Waals surface area contributed by atoms with Gasteiger partial charge in [-0.3, -0.25) is 0 Å². The summed E-state index contributed by atoms with van der Waals surface area (Å²) in [4.78, 5) is 0.215. The molecule has 1 fully saturated rings. The van der Waals surface area contributed by atoms with E-state index in [2.05, 4.69) is 20.7 Å². The van der Waals surface area contributed by atoms with E-state index in [4.69, 9.17) is 16.3 Å². The second-order valence-corrected chi connectivity index (χ2v) is 7.91. The summed E-state index contributed by atoms with van der Waals surface area (Å²) in [7, 11) is -3.53. The van der Waals surface area contributed by atoms with Gasteiger partial charge in [0.05, 0.1) is 9.92 Å². The van der Waals surface area contributed by atoms with Crippen molar-refractivity contribution in [1.29, 1.82) is 0 Å². The minimum Gasteiger partial charge on any atom is -0.381 e. The Hall–Kier alpha value is -0.140. The van der Waals surface area contributed by atoms with Gasteiger partial charge >= 0.3 is 0 Å². The Bertz CT molecular complexity index is 573. The molecule has 2 rings (SSSR count). The lowest BCUT2D eigenvalue weighted by Crippen LogP contribution is -2.40. The van der Waals surface area contributed by atoms with Gasteiger partial charge in [-0.2, -0.15) is 0 Å². The quantitative estimate of drug-likeness (QED) is 0.870. The number of sulfonamides is 1. The molecule has 0 bridgehead atoms. The van der Waals surface area contributed by atoms with Crippen molar-refractivity contribution in [1.82, 2.24) is 4.72 Å². The van der Waals surface area contributed by atoms with Crippen LogP contribution in [0.15, 0.2) is 27.6 Å². The summed E-state index contributed by atoms with van der Waals surface area (Å²) in [5.41, 5.74) is 0. The van der Waals surface area contributed by atoms with Crippen LogP contribution < -0.4 is 4.72 Å². The van der Waals surface area contributed by atoms with Crippen molar-refractivity contribution in [3.63, 3.8) is 0 Å². The number of hydrogen-bond acceptors (Lipinski definition) is 3. The summed E-state index contributed by atoms with van der Waals surface area (Å²) in [6, 6.07) is 4.48. The van der Waals surface area contributed by atoms with Gasteiger partial charge in [0.25, 0.3) is 0 Å². The van der Waals surface area contributed by atoms with Crippen molar-refractivity contribution >= 4 is 37.6 Å². The highest BCUT2D eigenvalue weighted by molar-refractivity contribution is 9.10. The normalized spacial score (nSPS) is 18.9. The van der Waals surface area contributed by atoms with E-state index in [-0.39, 0.29) is 10.9 Å². The molecule has 0 aromatic heterocycles. The van der Waals surface area contributed by atoms with Crippen molar-refractivity contribution in [2.45, 2.75) is 30.7 Å². The first kappa shape index (κ1) is 16.2. The van der Waals surface area contributed by atoms with E-state index in [9.17, 15) is 8.42 Å². The maximum Gasteiger partial charge on any atom is 0.240 e. The lowest BCUT2D eigenvalue weighted by atomic mass is 9.94. The molecule has 0 spiro atoms. The van der Waals surface area contributed by atoms with Gasteiger partial charge in [0.2, 0.25) is 10.0 Å². The zero-order chi connectivity index (χ0) is 14.8. The molecular weight excluding hydrogens is 366 g/mol. The van der Waals surface area contributed by atoms with Gasteiger partial charge in [0.1, 0.15) is 0 Å². The third-order valence-electron chi connectivity index (χ3n) is 3.52. The summed E-state index contributed by atoms with van der Waals surface area (Å²) >= 11 is 9.12. The van der Waals surface area contributed by atoms with E-state index >= 15 is 0 Å². The summed E-state index contributed by atoms with van der Waals surface area (Å²) < 4.78 is 33.3. The number of benzene rings is 1. The van der Waals surface area contributed by atoms with Crippen LogP contribution in [0.4, 0.5) is 0 Å². The summed E-state index contributed by atoms with van der Waals surface area (Å²) in [6.07, 6.45) is 1.77. The third kappa shape index (κ3) is 3.95. The van der Waals surface area contributed by atoms with E-state index < -0.39 is 10.0 Å². The van der Waals surface area contributed by atoms with E-state index in [0.717, 1.165) is 12.8 Å². The molecule has 1 N–H and O–H groups in total. The molecule has 1 aliphatic heterocycles. The molecule has 7 heteroatoms. The Morgan fingerprint density at radius 3 is 2.65 bits per heavy atom. The van der Waals surface area contributed by atoms with Crippen LogP contribution in [-0.4, -0.2) is 27.7 Å². The average molecular weight is 383 g/mol. The highest BCUT2D eigenvalue weighted by Crippen LogP contribution is 2.26. The van der Waals surface area contributed by atoms with Crippen molar-refractivity contribution in [3.8, 4) is 0 Å². The van der Waals surface area contributed by atoms with Crippen LogP contribution in [-0.2, 0) is 14.8 Å². The zero-order valence-electron chi connectivity index (χ0n) is 11.1. The predicted octanol–water partition coefficient (Wildman–Crippen LogP) is 3.20. The maximum atomic E-state index is 12.3. The standard InChI is InChI=1S/C13H17BrClNO3S/c1-9(10-4-6-19-7-5-10)16-20(17,18)11-2-3-13(15)12(14)8-11/h2-3,8-10,16H,4-7H2,1H3. The monoisotopic (exact) mass is 381 g/mol. The molecule has 0 aliphatic carbocycles. The number of nitrogens with one attached hydrogen (secondary N) is 1. The Kier molecular flexibility index (Phi) is 5.48. The maximum absolute atomic E-state index is 12.3. The van der Waals surface area contributed by atoms with Gasteiger partial charge in [-0.15, -0.1) is 0 Å². The lowest BCUT2D eigenvalue weighted by Gasteiger charge is -2.28. The molecule has 4 nitrogen and oxygen atoms in total. The second-order valence-electron chi connectivity index (χ2n) is 4.94. The van der Waals surface area contributed by atoms with Gasteiger partial charge < -0.3 is 4.74 Å². The van der Waals surface area contributed by atoms with Gasteiger partial charge in [-0.05, 0) is 59.8 Å². The Morgan fingerprint density at radius 2 is 2.05 bits per heavy atom. The molecule has 112 valence electrons. The van der Waals surface area contributed by atoms with Gasteiger partial charge in [-0.1, -0.05) is 11.6 Å². The average Bonchev–Trinajstić information content (AvgIpc) is 2.42. The van der Waals surface area contributed by atoms with E-state index in [1.54, 1.807) is 6.07 Å². The molecule has 1 saturated heterocycles. The predicted molar refractivity (Wildman–Crippen MR) is 82.5 cm³/mol. The fourth-order valence-electron chi connectivity index (χ4n) is 2.27. The van der Waals surface area contributed by atoms with E-state index in [1.165, 1.54) is 12.1 Å². The van der Waals surface area contributed by atoms with Gasteiger partial charge in [-0.25, -0.2) is 13.1 Å². The fourth-order valence-corrected chi connectivity index (χ4v) is 4.25. The summed E-state index contributed by atoms with van der Waals surface area (Å²) in [6.45, 7) is 3.30. The number of rotatable bonds is 4. The first-order valence-corrected chi connectivity index (χ1v) is 9.10. The lowest BCUT2D eigenvalue weighted by molar-refractivity contribution is 0.0585. The minimum absolute atomic E-state index is 0.113. The zero-order valence-corrected chi connectivity index (χ0v) is 14.3. The second kappa shape index (κ2) is 6.75. The summed E-state index contributed by atoms with van der Waals surface area (Å²) in [5.74, 6) is 0.314. The molecule has 1 aliphatic rings. The molecule has 1 heterocycles. The molecular formula is C13H17BrClNO3S. The van der Waals surface area contributed by atoms with Crippen molar-refractivity contribution in [3.05, 3.63) is 27.7 Å². The fraction of sp³-hybridized carbons (Fsp3) is 0.538. The molecule has 0 saturated carbocycles. The first-order chi connectivity index (χ1) is 9.40. The van der Waals surface area contributed by atoms with Crippen LogP contribution in [0.5, 0.6) is 0 Å². The number of ether oxygens (including phenoxy) is 1. The molecule has 20 heavy (non-hydrogen) atoms. The van der Waals surface area contributed by atoms with Crippen LogP contribution in [0.2, 0.25) is 5.02 Å². The van der Waals surface area contributed by atoms with Gasteiger partial charge in [0.15, 0.2) is 0 Å². The molecule has 1 aromatic rings. The van der Waals surface area contributed by atoms with Crippen LogP contribution in [0.1, 0.15) is 19.8 Å². The summed E-state index contributed by atoms with van der Waals surface area (Å²) in [5, 5.41) is 0.487. The van der Waals surface area contributed by atoms with Crippen LogP contribution in [0.25, 0.3) is 0 Å². The highest BCUT2D eigenvalue weighted by atomic mass is 79.9. The molecule has 0 radical (unpaired) electrons. The van der Waals surface area contributed by atoms with E-state index in [1.807, 2.05) is 6.92 Å². The van der Waals surface area contributed by atoms with Crippen LogP contribution in [0.3, 0.4) is 0 Å². The molecule has 1 atom stereocenters. The van der Waals surface area contributed by atoms with Crippen molar-refractivity contribution in [2.24, 2.45) is 5.92 Å². The Labute approximate surface area is 133 Å².